The Bertz CT molecular complexity index is 1010. The number of carbonyl (C=O) groups excluding carboxylic acids is 1. The third-order valence-corrected chi connectivity index (χ3v) is 5.34. The lowest BCUT2D eigenvalue weighted by molar-refractivity contribution is 0.0945. The molecule has 1 amide bonds. The number of aromatic nitrogens is 5. The van der Waals surface area contributed by atoms with Crippen molar-refractivity contribution in [3.8, 4) is 17.1 Å². The average Bonchev–Trinajstić information content (AvgIpc) is 3.68. The lowest BCUT2D eigenvalue weighted by Gasteiger charge is -2.08. The summed E-state index contributed by atoms with van der Waals surface area (Å²) in [7, 11) is 0. The molecule has 0 bridgehead atoms. The predicted molar refractivity (Wildman–Crippen MR) is 125 cm³/mol. The molecular formula is C22H27N7O2S. The maximum absolute atomic E-state index is 12.4. The summed E-state index contributed by atoms with van der Waals surface area (Å²) in [5.41, 5.74) is 2.41. The topological polar surface area (TPSA) is 115 Å². The first kappa shape index (κ1) is 23.4. The number of rotatable bonds is 9. The molecule has 0 aromatic carbocycles. The zero-order chi connectivity index (χ0) is 22.8. The van der Waals surface area contributed by atoms with Crippen molar-refractivity contribution in [2.24, 2.45) is 0 Å². The first-order valence-electron chi connectivity index (χ1n) is 10.6. The van der Waals surface area contributed by atoms with Crippen molar-refractivity contribution in [1.29, 1.82) is 0 Å². The number of nitrogens with zero attached hydrogens (tertiary/aromatic N) is 5. The Kier molecular flexibility index (Phi) is 8.73. The number of hydrogen-bond acceptors (Lipinski definition) is 9. The normalized spacial score (nSPS) is 12.3. The summed E-state index contributed by atoms with van der Waals surface area (Å²) in [5, 5.41) is 3.50. The van der Waals surface area contributed by atoms with Crippen LogP contribution in [0.2, 0.25) is 0 Å². The maximum Gasteiger partial charge on any atom is 0.270 e. The van der Waals surface area contributed by atoms with E-state index in [0.717, 1.165) is 17.1 Å². The molecule has 9 nitrogen and oxygen atoms in total. The molecule has 3 heterocycles. The third kappa shape index (κ3) is 6.88. The van der Waals surface area contributed by atoms with Crippen LogP contribution < -0.4 is 14.8 Å². The van der Waals surface area contributed by atoms with Crippen LogP contribution in [0.25, 0.3) is 11.3 Å². The van der Waals surface area contributed by atoms with E-state index in [4.69, 9.17) is 4.74 Å². The fraction of sp³-hybridized carbons (Fsp3) is 0.364. The molecule has 3 aromatic heterocycles. The van der Waals surface area contributed by atoms with Crippen molar-refractivity contribution < 1.29 is 9.53 Å². The summed E-state index contributed by atoms with van der Waals surface area (Å²) in [6.45, 7) is 6.68. The minimum absolute atomic E-state index is 0.281. The van der Waals surface area contributed by atoms with Crippen molar-refractivity contribution in [2.45, 2.75) is 45.4 Å². The van der Waals surface area contributed by atoms with E-state index in [1.165, 1.54) is 19.2 Å². The second-order valence-electron chi connectivity index (χ2n) is 6.60. The molecule has 1 aliphatic rings. The molecule has 10 heteroatoms. The number of carbonyl (C=O) groups is 1. The molecule has 1 fully saturated rings. The minimum Gasteiger partial charge on any atom is -0.477 e. The average molecular weight is 454 g/mol. The molecule has 0 spiro atoms. The second-order valence-corrected chi connectivity index (χ2v) is 7.71. The summed E-state index contributed by atoms with van der Waals surface area (Å²) in [6.07, 6.45) is 8.74. The largest absolute Gasteiger partial charge is 0.477 e. The van der Waals surface area contributed by atoms with Gasteiger partial charge in [0.05, 0.1) is 36.9 Å². The summed E-state index contributed by atoms with van der Waals surface area (Å²) in [4.78, 5) is 33.6. The van der Waals surface area contributed by atoms with Crippen LogP contribution in [0, 0.1) is 0 Å². The van der Waals surface area contributed by atoms with Gasteiger partial charge in [-0.25, -0.2) is 15.0 Å². The van der Waals surface area contributed by atoms with Crippen LogP contribution in [0.4, 0.5) is 5.82 Å². The van der Waals surface area contributed by atoms with Gasteiger partial charge in [0.2, 0.25) is 5.88 Å². The number of nitrogens with one attached hydrogen (secondary N) is 2. The van der Waals surface area contributed by atoms with Crippen molar-refractivity contribution in [2.75, 3.05) is 11.3 Å². The fourth-order valence-electron chi connectivity index (χ4n) is 2.53. The SMILES string of the molecule is CC.CCOc1cncc(-c2ccc(C(=O)NCc3cc(NSC4CC4)ncn3)nc2)n1. The van der Waals surface area contributed by atoms with Crippen molar-refractivity contribution in [3.05, 3.63) is 54.5 Å². The highest BCUT2D eigenvalue weighted by Crippen LogP contribution is 2.33. The molecule has 3 aromatic rings. The Balaban J connectivity index is 0.00000141. The van der Waals surface area contributed by atoms with E-state index in [9.17, 15) is 4.79 Å². The van der Waals surface area contributed by atoms with Gasteiger partial charge in [0.1, 0.15) is 17.8 Å². The first-order valence-corrected chi connectivity index (χ1v) is 11.5. The van der Waals surface area contributed by atoms with Gasteiger partial charge >= 0.3 is 0 Å². The second kappa shape index (κ2) is 11.9. The molecule has 1 saturated carbocycles. The monoisotopic (exact) mass is 453 g/mol. The molecule has 0 aliphatic heterocycles. The smallest absolute Gasteiger partial charge is 0.270 e. The van der Waals surface area contributed by atoms with Crippen LogP contribution in [-0.4, -0.2) is 42.7 Å². The molecular weight excluding hydrogens is 426 g/mol. The van der Waals surface area contributed by atoms with Crippen LogP contribution in [0.15, 0.2) is 43.1 Å². The standard InChI is InChI=1S/C20H21N7O2S.C2H6/c1-2-29-19-11-21-10-17(26-19)13-3-6-16(22-8-13)20(28)23-9-14-7-18(25-12-24-14)27-30-15-4-5-15;1-2/h3,6-8,10-12,15H,2,4-5,9H2,1H3,(H,23,28)(H,24,25,27);1-2H3. The number of ether oxygens (including phenoxy) is 1. The predicted octanol–water partition coefficient (Wildman–Crippen LogP) is 3.91. The Hall–Kier alpha value is -3.27. The lowest BCUT2D eigenvalue weighted by Crippen LogP contribution is -2.24. The summed E-state index contributed by atoms with van der Waals surface area (Å²) >= 11 is 1.67. The van der Waals surface area contributed by atoms with Crippen LogP contribution in [0.1, 0.15) is 49.8 Å². The highest BCUT2D eigenvalue weighted by molar-refractivity contribution is 8.01. The number of anilines is 1. The van der Waals surface area contributed by atoms with Crippen LogP contribution in [-0.2, 0) is 6.54 Å². The van der Waals surface area contributed by atoms with Crippen molar-refractivity contribution in [1.82, 2.24) is 30.2 Å². The number of hydrogen-bond donors (Lipinski definition) is 2. The highest BCUT2D eigenvalue weighted by Gasteiger charge is 2.22. The van der Waals surface area contributed by atoms with E-state index in [-0.39, 0.29) is 12.5 Å². The Morgan fingerprint density at radius 3 is 2.72 bits per heavy atom. The summed E-state index contributed by atoms with van der Waals surface area (Å²) < 4.78 is 8.59. The van der Waals surface area contributed by atoms with Gasteiger partial charge in [0.15, 0.2) is 0 Å². The molecule has 0 unspecified atom stereocenters. The van der Waals surface area contributed by atoms with E-state index < -0.39 is 0 Å². The Morgan fingerprint density at radius 2 is 2.00 bits per heavy atom. The van der Waals surface area contributed by atoms with E-state index in [1.54, 1.807) is 42.7 Å². The Morgan fingerprint density at radius 1 is 1.16 bits per heavy atom. The quantitative estimate of drug-likeness (QED) is 0.465. The zero-order valence-electron chi connectivity index (χ0n) is 18.4. The number of amides is 1. The third-order valence-electron chi connectivity index (χ3n) is 4.20. The van der Waals surface area contributed by atoms with Gasteiger partial charge < -0.3 is 14.8 Å². The van der Waals surface area contributed by atoms with E-state index >= 15 is 0 Å². The minimum atomic E-state index is -0.281. The van der Waals surface area contributed by atoms with Gasteiger partial charge in [-0.15, -0.1) is 0 Å². The lowest BCUT2D eigenvalue weighted by atomic mass is 10.2. The van der Waals surface area contributed by atoms with Gasteiger partial charge in [-0.1, -0.05) is 13.8 Å². The van der Waals surface area contributed by atoms with Gasteiger partial charge in [-0.3, -0.25) is 14.8 Å². The summed E-state index contributed by atoms with van der Waals surface area (Å²) in [6, 6.07) is 5.26. The van der Waals surface area contributed by atoms with Crippen LogP contribution in [0.3, 0.4) is 0 Å². The molecule has 168 valence electrons. The van der Waals surface area contributed by atoms with E-state index in [1.807, 2.05) is 26.8 Å². The Labute approximate surface area is 192 Å². The van der Waals surface area contributed by atoms with Crippen molar-refractivity contribution in [3.63, 3.8) is 0 Å². The van der Waals surface area contributed by atoms with Gasteiger partial charge in [-0.2, -0.15) is 0 Å². The zero-order valence-corrected chi connectivity index (χ0v) is 19.2. The first-order chi connectivity index (χ1) is 15.7. The molecule has 2 N–H and O–H groups in total. The molecule has 4 rings (SSSR count). The maximum atomic E-state index is 12.4. The van der Waals surface area contributed by atoms with E-state index in [2.05, 4.69) is 35.0 Å². The van der Waals surface area contributed by atoms with Gasteiger partial charge in [0, 0.05) is 23.1 Å². The molecule has 1 aliphatic carbocycles. The highest BCUT2D eigenvalue weighted by atomic mass is 32.2. The van der Waals surface area contributed by atoms with Crippen LogP contribution >= 0.6 is 11.9 Å². The number of pyridine rings is 1. The fourth-order valence-corrected chi connectivity index (χ4v) is 3.30. The van der Waals surface area contributed by atoms with Crippen LogP contribution in [0.5, 0.6) is 5.88 Å². The molecule has 0 radical (unpaired) electrons. The van der Waals surface area contributed by atoms with Crippen molar-refractivity contribution >= 4 is 23.7 Å². The molecule has 0 atom stereocenters. The molecule has 0 saturated heterocycles. The summed E-state index contributed by atoms with van der Waals surface area (Å²) in [5.74, 6) is 0.909. The van der Waals surface area contributed by atoms with Gasteiger partial charge in [-0.05, 0) is 43.8 Å². The molecule has 32 heavy (non-hydrogen) atoms. The van der Waals surface area contributed by atoms with E-state index in [0.29, 0.717) is 29.1 Å². The van der Waals surface area contributed by atoms with Gasteiger partial charge in [0.25, 0.3) is 5.91 Å².